The number of hydrogen-bond donors (Lipinski definition) is 2. The minimum absolute atomic E-state index is 0.251. The Morgan fingerprint density at radius 2 is 2.00 bits per heavy atom. The van der Waals surface area contributed by atoms with Gasteiger partial charge in [-0.1, -0.05) is 12.1 Å². The van der Waals surface area contributed by atoms with Gasteiger partial charge in [-0.05, 0) is 26.0 Å². The van der Waals surface area contributed by atoms with Gasteiger partial charge in [0.2, 0.25) is 0 Å². The highest BCUT2D eigenvalue weighted by atomic mass is 16.5. The zero-order valence-corrected chi connectivity index (χ0v) is 14.3. The average Bonchev–Trinajstić information content (AvgIpc) is 2.62. The van der Waals surface area contributed by atoms with E-state index in [-0.39, 0.29) is 6.61 Å². The van der Waals surface area contributed by atoms with Crippen molar-refractivity contribution in [3.05, 3.63) is 36.7 Å². The molecule has 8 nitrogen and oxygen atoms in total. The van der Waals surface area contributed by atoms with Crippen molar-refractivity contribution in [2.45, 2.75) is 19.9 Å². The van der Waals surface area contributed by atoms with Crippen LogP contribution in [-0.4, -0.2) is 41.7 Å². The Labute approximate surface area is 145 Å². The highest BCUT2D eigenvalue weighted by Gasteiger charge is 2.17. The number of amides is 2. The number of aromatic nitrogens is 2. The molecule has 8 heteroatoms. The summed E-state index contributed by atoms with van der Waals surface area (Å²) in [4.78, 5) is 31.7. The van der Waals surface area contributed by atoms with E-state index in [0.717, 1.165) is 5.56 Å². The molecule has 25 heavy (non-hydrogen) atoms. The minimum Gasteiger partial charge on any atom is -0.496 e. The predicted octanol–water partition coefficient (Wildman–Crippen LogP) is 2.23. The Kier molecular flexibility index (Phi) is 6.27. The number of carbonyl (C=O) groups is 2. The molecule has 1 aromatic heterocycles. The van der Waals surface area contributed by atoms with Gasteiger partial charge in [-0.3, -0.25) is 5.32 Å². The number of anilines is 1. The van der Waals surface area contributed by atoms with Gasteiger partial charge in [0.05, 0.1) is 19.4 Å². The zero-order chi connectivity index (χ0) is 18.2. The monoisotopic (exact) mass is 344 g/mol. The average molecular weight is 344 g/mol. The van der Waals surface area contributed by atoms with Gasteiger partial charge in [-0.25, -0.2) is 19.6 Å². The second-order valence-corrected chi connectivity index (χ2v) is 5.06. The molecular weight excluding hydrogens is 324 g/mol. The minimum atomic E-state index is -0.768. The summed E-state index contributed by atoms with van der Waals surface area (Å²) in [5.41, 5.74) is 1.37. The van der Waals surface area contributed by atoms with Crippen LogP contribution < -0.4 is 15.4 Å². The number of nitrogens with one attached hydrogen (secondary N) is 2. The van der Waals surface area contributed by atoms with Crippen LogP contribution in [0.4, 0.5) is 10.6 Å². The summed E-state index contributed by atoms with van der Waals surface area (Å²) in [6.45, 7) is 3.49. The molecule has 0 bridgehead atoms. The molecule has 0 aliphatic carbocycles. The molecule has 2 rings (SSSR count). The van der Waals surface area contributed by atoms with Crippen molar-refractivity contribution >= 4 is 17.8 Å². The van der Waals surface area contributed by atoms with Gasteiger partial charge >= 0.3 is 12.0 Å². The third-order valence-corrected chi connectivity index (χ3v) is 3.28. The molecule has 0 spiro atoms. The lowest BCUT2D eigenvalue weighted by atomic mass is 10.1. The maximum Gasteiger partial charge on any atom is 0.328 e. The summed E-state index contributed by atoms with van der Waals surface area (Å²) in [6, 6.07) is 7.67. The molecule has 1 unspecified atom stereocenters. The summed E-state index contributed by atoms with van der Waals surface area (Å²) in [5, 5.41) is 5.05. The lowest BCUT2D eigenvalue weighted by molar-refractivity contribution is -0.144. The molecular formula is C17H20N4O4. The van der Waals surface area contributed by atoms with Crippen molar-refractivity contribution in [2.75, 3.05) is 19.0 Å². The Hall–Kier alpha value is -3.16. The van der Waals surface area contributed by atoms with Gasteiger partial charge in [-0.2, -0.15) is 0 Å². The van der Waals surface area contributed by atoms with E-state index in [0.29, 0.717) is 17.3 Å². The van der Waals surface area contributed by atoms with Crippen molar-refractivity contribution in [1.29, 1.82) is 0 Å². The first kappa shape index (κ1) is 18.2. The lowest BCUT2D eigenvalue weighted by Gasteiger charge is -2.13. The van der Waals surface area contributed by atoms with Gasteiger partial charge in [0.25, 0.3) is 0 Å². The summed E-state index contributed by atoms with van der Waals surface area (Å²) in [5.74, 6) is 0.451. The van der Waals surface area contributed by atoms with Crippen LogP contribution in [0.1, 0.15) is 13.8 Å². The quantitative estimate of drug-likeness (QED) is 0.779. The number of nitrogens with zero attached hydrogens (tertiary/aromatic N) is 2. The van der Waals surface area contributed by atoms with Gasteiger partial charge in [0, 0.05) is 11.6 Å². The summed E-state index contributed by atoms with van der Waals surface area (Å²) < 4.78 is 10.1. The van der Waals surface area contributed by atoms with Crippen molar-refractivity contribution in [2.24, 2.45) is 0 Å². The number of methoxy groups -OCH3 is 1. The molecule has 0 radical (unpaired) electrons. The highest BCUT2D eigenvalue weighted by Crippen LogP contribution is 2.28. The molecule has 0 fully saturated rings. The van der Waals surface area contributed by atoms with Crippen molar-refractivity contribution in [3.8, 4) is 17.0 Å². The second kappa shape index (κ2) is 8.62. The van der Waals surface area contributed by atoms with E-state index in [1.54, 1.807) is 20.1 Å². The van der Waals surface area contributed by atoms with E-state index in [9.17, 15) is 9.59 Å². The first-order chi connectivity index (χ1) is 12.0. The number of carbonyl (C=O) groups excluding carboxylic acids is 2. The maximum absolute atomic E-state index is 12.0. The fraction of sp³-hybridized carbons (Fsp3) is 0.294. The highest BCUT2D eigenvalue weighted by molar-refractivity contribution is 5.92. The molecule has 2 N–H and O–H groups in total. The molecule has 1 atom stereocenters. The molecule has 1 heterocycles. The maximum atomic E-state index is 12.0. The Balaban J connectivity index is 2.09. The summed E-state index contributed by atoms with van der Waals surface area (Å²) in [7, 11) is 1.57. The number of esters is 1. The van der Waals surface area contributed by atoms with E-state index in [1.807, 2.05) is 24.3 Å². The molecule has 0 saturated heterocycles. The van der Waals surface area contributed by atoms with Gasteiger partial charge < -0.3 is 14.8 Å². The van der Waals surface area contributed by atoms with Crippen LogP contribution in [0.25, 0.3) is 11.3 Å². The van der Waals surface area contributed by atoms with Crippen LogP contribution >= 0.6 is 0 Å². The first-order valence-electron chi connectivity index (χ1n) is 7.74. The largest absolute Gasteiger partial charge is 0.496 e. The summed E-state index contributed by atoms with van der Waals surface area (Å²) >= 11 is 0. The van der Waals surface area contributed by atoms with E-state index in [2.05, 4.69) is 20.6 Å². The number of benzene rings is 1. The molecule has 132 valence electrons. The van der Waals surface area contributed by atoms with Gasteiger partial charge in [-0.15, -0.1) is 0 Å². The molecule has 2 amide bonds. The van der Waals surface area contributed by atoms with Crippen LogP contribution in [0.3, 0.4) is 0 Å². The lowest BCUT2D eigenvalue weighted by Crippen LogP contribution is -2.42. The van der Waals surface area contributed by atoms with E-state index >= 15 is 0 Å². The topological polar surface area (TPSA) is 102 Å². The summed E-state index contributed by atoms with van der Waals surface area (Å²) in [6.07, 6.45) is 1.34. The third-order valence-electron chi connectivity index (χ3n) is 3.28. The molecule has 0 aliphatic heterocycles. The fourth-order valence-corrected chi connectivity index (χ4v) is 2.10. The van der Waals surface area contributed by atoms with Gasteiger partial charge in [0.1, 0.15) is 23.9 Å². The van der Waals surface area contributed by atoms with Crippen LogP contribution in [0.2, 0.25) is 0 Å². The van der Waals surface area contributed by atoms with E-state index < -0.39 is 18.0 Å². The predicted molar refractivity (Wildman–Crippen MR) is 92.3 cm³/mol. The smallest absolute Gasteiger partial charge is 0.328 e. The second-order valence-electron chi connectivity index (χ2n) is 5.06. The van der Waals surface area contributed by atoms with Crippen molar-refractivity contribution in [1.82, 2.24) is 15.3 Å². The molecule has 2 aromatic rings. The molecule has 0 saturated carbocycles. The number of para-hydroxylation sites is 1. The van der Waals surface area contributed by atoms with Crippen LogP contribution in [0, 0.1) is 0 Å². The Morgan fingerprint density at radius 3 is 2.72 bits per heavy atom. The Morgan fingerprint density at radius 1 is 1.24 bits per heavy atom. The number of ether oxygens (including phenoxy) is 2. The standard InChI is InChI=1S/C17H20N4O4/c1-4-25-16(22)11(2)20-17(23)21-15-9-13(18-10-19-15)12-7-5-6-8-14(12)24-3/h5-11H,4H2,1-3H3,(H2,18,19,20,21,23). The van der Waals surface area contributed by atoms with Gasteiger partial charge in [0.15, 0.2) is 0 Å². The fourth-order valence-electron chi connectivity index (χ4n) is 2.10. The number of rotatable bonds is 6. The van der Waals surface area contributed by atoms with E-state index in [4.69, 9.17) is 9.47 Å². The third kappa shape index (κ3) is 4.90. The SMILES string of the molecule is CCOC(=O)C(C)NC(=O)Nc1cc(-c2ccccc2OC)ncn1. The van der Waals surface area contributed by atoms with Crippen molar-refractivity contribution in [3.63, 3.8) is 0 Å². The number of hydrogen-bond acceptors (Lipinski definition) is 6. The molecule has 1 aromatic carbocycles. The van der Waals surface area contributed by atoms with Crippen LogP contribution in [0.5, 0.6) is 5.75 Å². The van der Waals surface area contributed by atoms with Crippen LogP contribution in [-0.2, 0) is 9.53 Å². The zero-order valence-electron chi connectivity index (χ0n) is 14.3. The molecule has 0 aliphatic rings. The van der Waals surface area contributed by atoms with Crippen LogP contribution in [0.15, 0.2) is 36.7 Å². The van der Waals surface area contributed by atoms with E-state index in [1.165, 1.54) is 13.3 Å². The number of urea groups is 1. The Bertz CT molecular complexity index is 751. The van der Waals surface area contributed by atoms with Crippen molar-refractivity contribution < 1.29 is 19.1 Å². The first-order valence-corrected chi connectivity index (χ1v) is 7.74. The normalized spacial score (nSPS) is 11.3.